The Balaban J connectivity index is 1.82. The Kier molecular flexibility index (Phi) is 6.46. The summed E-state index contributed by atoms with van der Waals surface area (Å²) in [5.41, 5.74) is 0.727. The summed E-state index contributed by atoms with van der Waals surface area (Å²) in [6, 6.07) is 7.39. The van der Waals surface area contributed by atoms with Crippen LogP contribution in [0.25, 0.3) is 0 Å². The predicted octanol–water partition coefficient (Wildman–Crippen LogP) is 3.14. The van der Waals surface area contributed by atoms with Gasteiger partial charge in [-0.05, 0) is 49.9 Å². The monoisotopic (exact) mass is 303 g/mol. The number of carbonyl (C=O) groups excluding carboxylic acids is 1. The maximum Gasteiger partial charge on any atom is 0.253 e. The van der Waals surface area contributed by atoms with Crippen LogP contribution in [0.4, 0.5) is 0 Å². The van der Waals surface area contributed by atoms with E-state index in [-0.39, 0.29) is 5.91 Å². The third-order valence-corrected chi connectivity index (χ3v) is 3.90. The maximum atomic E-state index is 12.5. The van der Waals surface area contributed by atoms with Crippen LogP contribution >= 0.6 is 0 Å². The van der Waals surface area contributed by atoms with Crippen molar-refractivity contribution >= 4 is 5.91 Å². The highest BCUT2D eigenvalue weighted by molar-refractivity contribution is 5.94. The molecule has 0 unspecified atom stereocenters. The number of ether oxygens (including phenoxy) is 2. The number of rotatable bonds is 7. The molecular weight excluding hydrogens is 278 g/mol. The summed E-state index contributed by atoms with van der Waals surface area (Å²) >= 11 is 0. The summed E-state index contributed by atoms with van der Waals surface area (Å²) in [5.74, 6) is 1.45. The lowest BCUT2D eigenvalue weighted by molar-refractivity contribution is 0.0575. The Bertz CT molecular complexity index is 476. The van der Waals surface area contributed by atoms with E-state index in [2.05, 4.69) is 6.58 Å². The zero-order valence-corrected chi connectivity index (χ0v) is 13.3. The van der Waals surface area contributed by atoms with Gasteiger partial charge in [0.2, 0.25) is 0 Å². The Hall–Kier alpha value is -1.81. The van der Waals surface area contributed by atoms with Crippen molar-refractivity contribution in [2.75, 3.05) is 32.9 Å². The van der Waals surface area contributed by atoms with Gasteiger partial charge in [-0.3, -0.25) is 4.79 Å². The Morgan fingerprint density at radius 2 is 2.00 bits per heavy atom. The summed E-state index contributed by atoms with van der Waals surface area (Å²) in [6.45, 7) is 9.19. The molecule has 0 aromatic heterocycles. The number of nitrogens with zero attached hydrogens (tertiary/aromatic N) is 1. The van der Waals surface area contributed by atoms with Gasteiger partial charge in [-0.1, -0.05) is 6.08 Å². The molecule has 1 heterocycles. The van der Waals surface area contributed by atoms with E-state index in [0.29, 0.717) is 19.1 Å². The molecule has 1 aliphatic rings. The third kappa shape index (κ3) is 4.60. The summed E-state index contributed by atoms with van der Waals surface area (Å²) in [4.78, 5) is 14.4. The van der Waals surface area contributed by atoms with Crippen LogP contribution < -0.4 is 4.74 Å². The molecule has 120 valence electrons. The fourth-order valence-electron chi connectivity index (χ4n) is 2.66. The minimum Gasteiger partial charge on any atom is -0.494 e. The SMILES string of the molecule is C=CCOCC1CCN(C(=O)c2ccc(OCC)cc2)CC1. The van der Waals surface area contributed by atoms with Crippen molar-refractivity contribution in [3.05, 3.63) is 42.5 Å². The van der Waals surface area contributed by atoms with Gasteiger partial charge in [0.25, 0.3) is 5.91 Å². The van der Waals surface area contributed by atoms with E-state index < -0.39 is 0 Å². The van der Waals surface area contributed by atoms with Crippen LogP contribution in [0.2, 0.25) is 0 Å². The zero-order valence-electron chi connectivity index (χ0n) is 13.3. The molecule has 1 aromatic rings. The van der Waals surface area contributed by atoms with Crippen molar-refractivity contribution in [1.82, 2.24) is 4.90 Å². The molecule has 4 nitrogen and oxygen atoms in total. The van der Waals surface area contributed by atoms with Gasteiger partial charge in [-0.2, -0.15) is 0 Å². The van der Waals surface area contributed by atoms with Crippen LogP contribution in [-0.4, -0.2) is 43.7 Å². The first-order valence-electron chi connectivity index (χ1n) is 7.95. The zero-order chi connectivity index (χ0) is 15.8. The largest absolute Gasteiger partial charge is 0.494 e. The van der Waals surface area contributed by atoms with Gasteiger partial charge in [0, 0.05) is 25.3 Å². The molecule has 22 heavy (non-hydrogen) atoms. The number of amides is 1. The molecule has 0 aliphatic carbocycles. The minimum atomic E-state index is 0.105. The van der Waals surface area contributed by atoms with Crippen molar-refractivity contribution < 1.29 is 14.3 Å². The highest BCUT2D eigenvalue weighted by atomic mass is 16.5. The van der Waals surface area contributed by atoms with Crippen molar-refractivity contribution in [2.24, 2.45) is 5.92 Å². The van der Waals surface area contributed by atoms with Crippen LogP contribution in [0.3, 0.4) is 0 Å². The van der Waals surface area contributed by atoms with Crippen molar-refractivity contribution in [2.45, 2.75) is 19.8 Å². The van der Waals surface area contributed by atoms with Crippen LogP contribution in [-0.2, 0) is 4.74 Å². The molecule has 0 saturated carbocycles. The van der Waals surface area contributed by atoms with E-state index in [1.54, 1.807) is 6.08 Å². The standard InChI is InChI=1S/C18H25NO3/c1-3-13-21-14-15-9-11-19(12-10-15)18(20)16-5-7-17(8-6-16)22-4-2/h3,5-8,15H,1,4,9-14H2,2H3. The van der Waals surface area contributed by atoms with Gasteiger partial charge in [0.1, 0.15) is 5.75 Å². The number of piperidine rings is 1. The van der Waals surface area contributed by atoms with E-state index in [1.165, 1.54) is 0 Å². The molecule has 1 aromatic carbocycles. The van der Waals surface area contributed by atoms with Crippen LogP contribution in [0.1, 0.15) is 30.1 Å². The van der Waals surface area contributed by atoms with E-state index in [4.69, 9.17) is 9.47 Å². The third-order valence-electron chi connectivity index (χ3n) is 3.90. The van der Waals surface area contributed by atoms with Crippen LogP contribution in [0.15, 0.2) is 36.9 Å². The molecule has 0 N–H and O–H groups in total. The first kappa shape index (κ1) is 16.6. The van der Waals surface area contributed by atoms with Crippen molar-refractivity contribution in [1.29, 1.82) is 0 Å². The van der Waals surface area contributed by atoms with E-state index in [1.807, 2.05) is 36.1 Å². The Morgan fingerprint density at radius 3 is 2.59 bits per heavy atom. The molecule has 0 radical (unpaired) electrons. The van der Waals surface area contributed by atoms with Gasteiger partial charge < -0.3 is 14.4 Å². The molecule has 0 spiro atoms. The number of carbonyl (C=O) groups is 1. The number of hydrogen-bond acceptors (Lipinski definition) is 3. The van der Waals surface area contributed by atoms with Gasteiger partial charge in [-0.15, -0.1) is 6.58 Å². The fourth-order valence-corrected chi connectivity index (χ4v) is 2.66. The van der Waals surface area contributed by atoms with Crippen LogP contribution in [0, 0.1) is 5.92 Å². The summed E-state index contributed by atoms with van der Waals surface area (Å²) in [6.07, 6.45) is 3.77. The molecular formula is C18H25NO3. The van der Waals surface area contributed by atoms with Gasteiger partial charge in [0.15, 0.2) is 0 Å². The predicted molar refractivity (Wildman–Crippen MR) is 87.3 cm³/mol. The second-order valence-electron chi connectivity index (χ2n) is 5.52. The topological polar surface area (TPSA) is 38.8 Å². The lowest BCUT2D eigenvalue weighted by atomic mass is 9.97. The molecule has 0 atom stereocenters. The molecule has 1 fully saturated rings. The highest BCUT2D eigenvalue weighted by Gasteiger charge is 2.23. The van der Waals surface area contributed by atoms with Gasteiger partial charge in [0.05, 0.1) is 13.2 Å². The van der Waals surface area contributed by atoms with E-state index in [0.717, 1.165) is 43.9 Å². The number of benzene rings is 1. The molecule has 2 rings (SSSR count). The average Bonchev–Trinajstić information content (AvgIpc) is 2.56. The molecule has 4 heteroatoms. The normalized spacial score (nSPS) is 15.6. The fraction of sp³-hybridized carbons (Fsp3) is 0.500. The summed E-state index contributed by atoms with van der Waals surface area (Å²) in [5, 5.41) is 0. The molecule has 0 bridgehead atoms. The lowest BCUT2D eigenvalue weighted by Gasteiger charge is -2.32. The average molecular weight is 303 g/mol. The Labute approximate surface area is 132 Å². The number of hydrogen-bond donors (Lipinski definition) is 0. The second-order valence-corrected chi connectivity index (χ2v) is 5.52. The molecule has 1 amide bonds. The van der Waals surface area contributed by atoms with E-state index in [9.17, 15) is 4.79 Å². The van der Waals surface area contributed by atoms with Crippen molar-refractivity contribution in [3.63, 3.8) is 0 Å². The Morgan fingerprint density at radius 1 is 1.32 bits per heavy atom. The van der Waals surface area contributed by atoms with E-state index >= 15 is 0 Å². The first-order chi connectivity index (χ1) is 10.7. The lowest BCUT2D eigenvalue weighted by Crippen LogP contribution is -2.39. The quantitative estimate of drug-likeness (QED) is 0.574. The maximum absolute atomic E-state index is 12.5. The summed E-state index contributed by atoms with van der Waals surface area (Å²) in [7, 11) is 0. The number of likely N-dealkylation sites (tertiary alicyclic amines) is 1. The molecule has 1 aliphatic heterocycles. The van der Waals surface area contributed by atoms with Crippen LogP contribution in [0.5, 0.6) is 5.75 Å². The summed E-state index contributed by atoms with van der Waals surface area (Å²) < 4.78 is 10.9. The minimum absolute atomic E-state index is 0.105. The smallest absolute Gasteiger partial charge is 0.253 e. The second kappa shape index (κ2) is 8.59. The first-order valence-corrected chi connectivity index (χ1v) is 7.95. The molecule has 1 saturated heterocycles. The van der Waals surface area contributed by atoms with Gasteiger partial charge in [-0.25, -0.2) is 0 Å². The van der Waals surface area contributed by atoms with Gasteiger partial charge >= 0.3 is 0 Å². The highest BCUT2D eigenvalue weighted by Crippen LogP contribution is 2.20. The van der Waals surface area contributed by atoms with Crippen molar-refractivity contribution in [3.8, 4) is 5.75 Å².